The van der Waals surface area contributed by atoms with Crippen LogP contribution >= 0.6 is 11.6 Å². The lowest BCUT2D eigenvalue weighted by atomic mass is 10.1. The van der Waals surface area contributed by atoms with Gasteiger partial charge in [-0.3, -0.25) is 4.79 Å². The molecular formula is C18H12ClNO5. The zero-order chi connectivity index (χ0) is 18.0. The molecule has 25 heavy (non-hydrogen) atoms. The molecule has 0 aliphatic heterocycles. The van der Waals surface area contributed by atoms with E-state index < -0.39 is 17.5 Å². The fourth-order valence-corrected chi connectivity index (χ4v) is 2.48. The Balaban J connectivity index is 1.94. The number of halogens is 1. The van der Waals surface area contributed by atoms with E-state index in [-0.39, 0.29) is 16.1 Å². The van der Waals surface area contributed by atoms with Crippen LogP contribution in [-0.2, 0) is 4.74 Å². The number of hydrogen-bond donors (Lipinski definition) is 1. The third-order valence-electron chi connectivity index (χ3n) is 3.52. The Morgan fingerprint density at radius 3 is 2.60 bits per heavy atom. The lowest BCUT2D eigenvalue weighted by Crippen LogP contribution is -2.20. The molecule has 0 saturated heterocycles. The molecule has 6 nitrogen and oxygen atoms in total. The second-order valence-corrected chi connectivity index (χ2v) is 5.53. The molecule has 0 atom stereocenters. The predicted molar refractivity (Wildman–Crippen MR) is 93.2 cm³/mol. The average molecular weight is 358 g/mol. The summed E-state index contributed by atoms with van der Waals surface area (Å²) in [4.78, 5) is 36.1. The van der Waals surface area contributed by atoms with Gasteiger partial charge in [0.25, 0.3) is 5.91 Å². The van der Waals surface area contributed by atoms with Gasteiger partial charge in [0.2, 0.25) is 0 Å². The summed E-state index contributed by atoms with van der Waals surface area (Å²) in [5.41, 5.74) is -0.106. The number of hydrogen-bond acceptors (Lipinski definition) is 5. The number of benzene rings is 2. The second kappa shape index (κ2) is 6.78. The molecule has 0 radical (unpaired) electrons. The zero-order valence-electron chi connectivity index (χ0n) is 13.0. The van der Waals surface area contributed by atoms with Crippen molar-refractivity contribution < 1.29 is 18.7 Å². The third kappa shape index (κ3) is 3.39. The summed E-state index contributed by atoms with van der Waals surface area (Å²) < 4.78 is 9.77. The van der Waals surface area contributed by atoms with Gasteiger partial charge in [-0.2, -0.15) is 0 Å². The van der Waals surface area contributed by atoms with Gasteiger partial charge in [0, 0.05) is 11.1 Å². The van der Waals surface area contributed by atoms with E-state index in [4.69, 9.17) is 16.0 Å². The lowest BCUT2D eigenvalue weighted by Gasteiger charge is -2.08. The maximum absolute atomic E-state index is 12.4. The molecular weight excluding hydrogens is 346 g/mol. The fraction of sp³-hybridized carbons (Fsp3) is 0.0556. The van der Waals surface area contributed by atoms with Crippen molar-refractivity contribution in [3.05, 3.63) is 75.1 Å². The molecule has 2 aromatic carbocycles. The normalized spacial score (nSPS) is 10.5. The van der Waals surface area contributed by atoms with E-state index in [1.54, 1.807) is 24.3 Å². The van der Waals surface area contributed by atoms with Gasteiger partial charge in [-0.05, 0) is 30.3 Å². The molecule has 1 amide bonds. The van der Waals surface area contributed by atoms with Crippen LogP contribution in [-0.4, -0.2) is 19.0 Å². The van der Waals surface area contributed by atoms with E-state index >= 15 is 0 Å². The zero-order valence-corrected chi connectivity index (χ0v) is 13.8. The Morgan fingerprint density at radius 1 is 1.08 bits per heavy atom. The topological polar surface area (TPSA) is 85.6 Å². The predicted octanol–water partition coefficient (Wildman–Crippen LogP) is 3.49. The number of rotatable bonds is 3. The molecule has 0 fully saturated rings. The van der Waals surface area contributed by atoms with Crippen molar-refractivity contribution in [3.8, 4) is 0 Å². The quantitative estimate of drug-likeness (QED) is 0.573. The van der Waals surface area contributed by atoms with Crippen molar-refractivity contribution in [2.75, 3.05) is 12.4 Å². The Morgan fingerprint density at radius 2 is 1.84 bits per heavy atom. The number of fused-ring (bicyclic) bond motifs is 1. The van der Waals surface area contributed by atoms with Crippen molar-refractivity contribution in [3.63, 3.8) is 0 Å². The number of methoxy groups -OCH3 is 1. The van der Waals surface area contributed by atoms with Gasteiger partial charge < -0.3 is 14.5 Å². The Hall–Kier alpha value is -3.12. The minimum Gasteiger partial charge on any atom is -0.465 e. The van der Waals surface area contributed by atoms with Gasteiger partial charge >= 0.3 is 11.6 Å². The van der Waals surface area contributed by atoms with Crippen LogP contribution in [0.1, 0.15) is 20.7 Å². The van der Waals surface area contributed by atoms with Crippen LogP contribution in [0.5, 0.6) is 0 Å². The van der Waals surface area contributed by atoms with Gasteiger partial charge in [-0.25, -0.2) is 9.59 Å². The largest absolute Gasteiger partial charge is 0.465 e. The number of esters is 1. The van der Waals surface area contributed by atoms with Crippen molar-refractivity contribution in [2.45, 2.75) is 0 Å². The van der Waals surface area contributed by atoms with E-state index in [1.807, 2.05) is 0 Å². The van der Waals surface area contributed by atoms with Crippen LogP contribution < -0.4 is 10.9 Å². The number of ether oxygens (including phenoxy) is 1. The molecule has 0 aliphatic rings. The number of nitrogens with one attached hydrogen (secondary N) is 1. The number of anilines is 1. The Kier molecular flexibility index (Phi) is 4.54. The molecule has 0 spiro atoms. The van der Waals surface area contributed by atoms with E-state index in [1.165, 1.54) is 31.4 Å². The van der Waals surface area contributed by atoms with Gasteiger partial charge in [-0.15, -0.1) is 0 Å². The average Bonchev–Trinajstić information content (AvgIpc) is 2.62. The lowest BCUT2D eigenvalue weighted by molar-refractivity contribution is 0.0600. The fourth-order valence-electron chi connectivity index (χ4n) is 2.29. The standard InChI is InChI=1S/C18H12ClNO5/c1-24-17(22)12-9-11(6-7-14(12)19)20-16(21)13-8-10-4-2-3-5-15(10)25-18(13)23/h2-9H,1H3,(H,20,21). The van der Waals surface area contributed by atoms with Crippen LogP contribution in [0.15, 0.2) is 57.7 Å². The molecule has 126 valence electrons. The number of carbonyl (C=O) groups excluding carboxylic acids is 2. The van der Waals surface area contributed by atoms with Gasteiger partial charge in [0.15, 0.2) is 0 Å². The van der Waals surface area contributed by atoms with E-state index in [9.17, 15) is 14.4 Å². The van der Waals surface area contributed by atoms with Crippen LogP contribution in [0.3, 0.4) is 0 Å². The molecule has 0 saturated carbocycles. The summed E-state index contributed by atoms with van der Waals surface area (Å²) in [6.07, 6.45) is 0. The summed E-state index contributed by atoms with van der Waals surface area (Å²) in [6.45, 7) is 0. The minimum absolute atomic E-state index is 0.104. The van der Waals surface area contributed by atoms with Crippen molar-refractivity contribution in [1.82, 2.24) is 0 Å². The van der Waals surface area contributed by atoms with Crippen LogP contribution in [0.4, 0.5) is 5.69 Å². The van der Waals surface area contributed by atoms with Crippen molar-refractivity contribution in [1.29, 1.82) is 0 Å². The van der Waals surface area contributed by atoms with Crippen LogP contribution in [0, 0.1) is 0 Å². The summed E-state index contributed by atoms with van der Waals surface area (Å²) in [6, 6.07) is 12.6. The Labute approximate surface area is 147 Å². The molecule has 0 bridgehead atoms. The summed E-state index contributed by atoms with van der Waals surface area (Å²) in [5, 5.41) is 3.36. The molecule has 1 N–H and O–H groups in total. The molecule has 7 heteroatoms. The molecule has 3 rings (SSSR count). The minimum atomic E-state index is -0.752. The number of para-hydroxylation sites is 1. The van der Waals surface area contributed by atoms with Crippen LogP contribution in [0.2, 0.25) is 5.02 Å². The first-order chi connectivity index (χ1) is 12.0. The first-order valence-corrected chi connectivity index (χ1v) is 7.59. The highest BCUT2D eigenvalue weighted by Gasteiger charge is 2.16. The molecule has 0 aliphatic carbocycles. The van der Waals surface area contributed by atoms with Crippen molar-refractivity contribution >= 4 is 40.1 Å². The van der Waals surface area contributed by atoms with Gasteiger partial charge in [-0.1, -0.05) is 29.8 Å². The smallest absolute Gasteiger partial charge is 0.349 e. The maximum Gasteiger partial charge on any atom is 0.349 e. The van der Waals surface area contributed by atoms with E-state index in [0.29, 0.717) is 16.7 Å². The van der Waals surface area contributed by atoms with E-state index in [0.717, 1.165) is 0 Å². The third-order valence-corrected chi connectivity index (χ3v) is 3.85. The van der Waals surface area contributed by atoms with Crippen LogP contribution in [0.25, 0.3) is 11.0 Å². The first kappa shape index (κ1) is 16.7. The summed E-state index contributed by atoms with van der Waals surface area (Å²) in [5.74, 6) is -1.29. The highest BCUT2D eigenvalue weighted by atomic mass is 35.5. The highest BCUT2D eigenvalue weighted by Crippen LogP contribution is 2.22. The molecule has 1 heterocycles. The number of amides is 1. The van der Waals surface area contributed by atoms with E-state index in [2.05, 4.69) is 10.1 Å². The first-order valence-electron chi connectivity index (χ1n) is 7.21. The number of carbonyl (C=O) groups is 2. The molecule has 3 aromatic rings. The SMILES string of the molecule is COC(=O)c1cc(NC(=O)c2cc3ccccc3oc2=O)ccc1Cl. The summed E-state index contributed by atoms with van der Waals surface area (Å²) >= 11 is 5.94. The van der Waals surface area contributed by atoms with Gasteiger partial charge in [0.1, 0.15) is 11.1 Å². The molecule has 0 unspecified atom stereocenters. The Bertz CT molecular complexity index is 1040. The monoisotopic (exact) mass is 357 g/mol. The van der Waals surface area contributed by atoms with Gasteiger partial charge in [0.05, 0.1) is 17.7 Å². The highest BCUT2D eigenvalue weighted by molar-refractivity contribution is 6.33. The molecule has 1 aromatic heterocycles. The summed E-state index contributed by atoms with van der Waals surface area (Å²) in [7, 11) is 1.23. The second-order valence-electron chi connectivity index (χ2n) is 5.13. The maximum atomic E-state index is 12.4. The van der Waals surface area contributed by atoms with Crippen molar-refractivity contribution in [2.24, 2.45) is 0 Å².